The van der Waals surface area contributed by atoms with Crippen LogP contribution < -0.4 is 5.73 Å². The minimum atomic E-state index is -0.646. The summed E-state index contributed by atoms with van der Waals surface area (Å²) in [5, 5.41) is 4.79. The molecule has 0 bridgehead atoms. The summed E-state index contributed by atoms with van der Waals surface area (Å²) in [6.07, 6.45) is 2.30. The number of nitrogens with zero attached hydrogens (tertiary/aromatic N) is 3. The zero-order valence-corrected chi connectivity index (χ0v) is 14.0. The van der Waals surface area contributed by atoms with E-state index in [1.165, 1.54) is 16.7 Å². The number of hydrogen-bond donors (Lipinski definition) is 1. The lowest BCUT2D eigenvalue weighted by Crippen LogP contribution is -2.49. The smallest absolute Gasteiger partial charge is 0.328 e. The fourth-order valence-corrected chi connectivity index (χ4v) is 3.26. The van der Waals surface area contributed by atoms with Crippen LogP contribution in [0.4, 0.5) is 0 Å². The second-order valence-corrected chi connectivity index (χ2v) is 6.01. The standard InChI is InChI=1S/C17H20N4O4/c1-25-17(24)13-8-4-5-9-20(13)14(22)10-21-12-7-3-2-6-11(12)15(19-21)16(18)23/h2-3,6-7,13H,4-5,8-10H2,1H3,(H2,18,23)/t13-/m0/s1. The summed E-state index contributed by atoms with van der Waals surface area (Å²) in [7, 11) is 1.32. The highest BCUT2D eigenvalue weighted by Gasteiger charge is 2.33. The van der Waals surface area contributed by atoms with Gasteiger partial charge in [0.25, 0.3) is 5.91 Å². The lowest BCUT2D eigenvalue weighted by atomic mass is 10.0. The molecule has 0 radical (unpaired) electrons. The van der Waals surface area contributed by atoms with E-state index in [-0.39, 0.29) is 18.1 Å². The van der Waals surface area contributed by atoms with E-state index in [1.54, 1.807) is 24.3 Å². The molecule has 0 aliphatic carbocycles. The van der Waals surface area contributed by atoms with Gasteiger partial charge < -0.3 is 15.4 Å². The summed E-state index contributed by atoms with van der Waals surface area (Å²) in [6.45, 7) is 0.432. The first-order valence-corrected chi connectivity index (χ1v) is 8.15. The molecule has 1 fully saturated rings. The zero-order chi connectivity index (χ0) is 18.0. The van der Waals surface area contributed by atoms with Crippen molar-refractivity contribution in [1.29, 1.82) is 0 Å². The monoisotopic (exact) mass is 344 g/mol. The van der Waals surface area contributed by atoms with Crippen LogP contribution in [0.1, 0.15) is 29.8 Å². The van der Waals surface area contributed by atoms with Gasteiger partial charge >= 0.3 is 5.97 Å². The molecule has 0 spiro atoms. The highest BCUT2D eigenvalue weighted by atomic mass is 16.5. The van der Waals surface area contributed by atoms with Crippen molar-refractivity contribution in [2.75, 3.05) is 13.7 Å². The lowest BCUT2D eigenvalue weighted by molar-refractivity contribution is -0.155. The Bertz CT molecular complexity index is 829. The fourth-order valence-electron chi connectivity index (χ4n) is 3.26. The molecule has 3 rings (SSSR count). The number of likely N-dealkylation sites (tertiary alicyclic amines) is 1. The second-order valence-electron chi connectivity index (χ2n) is 6.01. The van der Waals surface area contributed by atoms with E-state index in [2.05, 4.69) is 5.10 Å². The molecule has 2 N–H and O–H groups in total. The number of ether oxygens (including phenoxy) is 1. The Morgan fingerprint density at radius 3 is 2.76 bits per heavy atom. The van der Waals surface area contributed by atoms with Crippen molar-refractivity contribution in [1.82, 2.24) is 14.7 Å². The van der Waals surface area contributed by atoms with Crippen LogP contribution in [-0.4, -0.2) is 52.2 Å². The number of fused-ring (bicyclic) bond motifs is 1. The van der Waals surface area contributed by atoms with Crippen molar-refractivity contribution in [3.8, 4) is 0 Å². The number of methoxy groups -OCH3 is 1. The second kappa shape index (κ2) is 6.92. The van der Waals surface area contributed by atoms with Crippen molar-refractivity contribution in [3.63, 3.8) is 0 Å². The molecule has 132 valence electrons. The van der Waals surface area contributed by atoms with Crippen LogP contribution in [0, 0.1) is 0 Å². The normalized spacial score (nSPS) is 17.5. The first-order chi connectivity index (χ1) is 12.0. The number of benzene rings is 1. The maximum absolute atomic E-state index is 12.8. The largest absolute Gasteiger partial charge is 0.467 e. The first kappa shape index (κ1) is 16.9. The minimum Gasteiger partial charge on any atom is -0.467 e. The third kappa shape index (κ3) is 3.19. The van der Waals surface area contributed by atoms with Gasteiger partial charge in [0.1, 0.15) is 12.6 Å². The molecule has 1 aliphatic heterocycles. The summed E-state index contributed by atoms with van der Waals surface area (Å²) in [5.74, 6) is -1.29. The highest BCUT2D eigenvalue weighted by molar-refractivity contribution is 6.04. The van der Waals surface area contributed by atoms with E-state index in [1.807, 2.05) is 0 Å². The van der Waals surface area contributed by atoms with Gasteiger partial charge in [0.05, 0.1) is 12.6 Å². The van der Waals surface area contributed by atoms with Gasteiger partial charge in [-0.05, 0) is 25.3 Å². The number of carbonyl (C=O) groups excluding carboxylic acids is 3. The molecule has 2 heterocycles. The zero-order valence-electron chi connectivity index (χ0n) is 14.0. The summed E-state index contributed by atoms with van der Waals surface area (Å²) in [5.41, 5.74) is 6.16. The summed E-state index contributed by atoms with van der Waals surface area (Å²) < 4.78 is 6.27. The predicted octanol–water partition coefficient (Wildman–Crippen LogP) is 0.689. The van der Waals surface area contributed by atoms with E-state index in [0.29, 0.717) is 23.9 Å². The van der Waals surface area contributed by atoms with Crippen molar-refractivity contribution >= 4 is 28.7 Å². The van der Waals surface area contributed by atoms with Crippen LogP contribution in [0.5, 0.6) is 0 Å². The number of primary amides is 1. The topological polar surface area (TPSA) is 108 Å². The molecule has 8 nitrogen and oxygen atoms in total. The molecule has 0 unspecified atom stereocenters. The van der Waals surface area contributed by atoms with E-state index >= 15 is 0 Å². The van der Waals surface area contributed by atoms with Crippen LogP contribution >= 0.6 is 0 Å². The Kier molecular flexibility index (Phi) is 4.69. The number of para-hydroxylation sites is 1. The number of rotatable bonds is 4. The summed E-state index contributed by atoms with van der Waals surface area (Å²) >= 11 is 0. The molecule has 2 aromatic rings. The van der Waals surface area contributed by atoms with Gasteiger partial charge in [0.2, 0.25) is 5.91 Å². The average Bonchev–Trinajstić information content (AvgIpc) is 3.00. The van der Waals surface area contributed by atoms with Crippen LogP contribution in [0.25, 0.3) is 10.9 Å². The van der Waals surface area contributed by atoms with Crippen LogP contribution in [0.2, 0.25) is 0 Å². The molecule has 25 heavy (non-hydrogen) atoms. The van der Waals surface area contributed by atoms with E-state index in [9.17, 15) is 14.4 Å². The van der Waals surface area contributed by atoms with Gasteiger partial charge in [-0.25, -0.2) is 4.79 Å². The maximum atomic E-state index is 12.8. The molecule has 0 saturated carbocycles. The van der Waals surface area contributed by atoms with Gasteiger partial charge in [0, 0.05) is 11.9 Å². The van der Waals surface area contributed by atoms with Gasteiger partial charge in [0.15, 0.2) is 5.69 Å². The number of hydrogen-bond acceptors (Lipinski definition) is 5. The SMILES string of the molecule is COC(=O)[C@@H]1CCCCN1C(=O)Cn1nc(C(N)=O)c2ccccc21. The van der Waals surface area contributed by atoms with E-state index < -0.39 is 17.9 Å². The molecule has 1 aromatic heterocycles. The molecule has 8 heteroatoms. The van der Waals surface area contributed by atoms with Crippen LogP contribution in [0.15, 0.2) is 24.3 Å². The van der Waals surface area contributed by atoms with Crippen LogP contribution in [-0.2, 0) is 20.9 Å². The minimum absolute atomic E-state index is 0.0682. The van der Waals surface area contributed by atoms with E-state index in [4.69, 9.17) is 10.5 Å². The van der Waals surface area contributed by atoms with Crippen molar-refractivity contribution in [2.45, 2.75) is 31.8 Å². The predicted molar refractivity (Wildman–Crippen MR) is 89.6 cm³/mol. The Balaban J connectivity index is 1.89. The van der Waals surface area contributed by atoms with Crippen LogP contribution in [0.3, 0.4) is 0 Å². The number of piperidine rings is 1. The molecule has 1 aliphatic rings. The fraction of sp³-hybridized carbons (Fsp3) is 0.412. The van der Waals surface area contributed by atoms with Gasteiger partial charge in [-0.2, -0.15) is 5.10 Å². The Hall–Kier alpha value is -2.90. The van der Waals surface area contributed by atoms with Gasteiger partial charge in [-0.1, -0.05) is 18.2 Å². The molecule has 1 saturated heterocycles. The number of nitrogens with two attached hydrogens (primary N) is 1. The van der Waals surface area contributed by atoms with Crippen molar-refractivity contribution in [2.24, 2.45) is 5.73 Å². The van der Waals surface area contributed by atoms with Crippen molar-refractivity contribution < 1.29 is 19.1 Å². The quantitative estimate of drug-likeness (QED) is 0.821. The van der Waals surface area contributed by atoms with Gasteiger partial charge in [-0.3, -0.25) is 14.3 Å². The number of amides is 2. The molecule has 1 atom stereocenters. The summed E-state index contributed by atoms with van der Waals surface area (Å²) in [4.78, 5) is 37.8. The van der Waals surface area contributed by atoms with Crippen molar-refractivity contribution in [3.05, 3.63) is 30.0 Å². The Morgan fingerprint density at radius 1 is 1.28 bits per heavy atom. The summed E-state index contributed by atoms with van der Waals surface area (Å²) in [6, 6.07) is 6.52. The number of aromatic nitrogens is 2. The molecular weight excluding hydrogens is 324 g/mol. The van der Waals surface area contributed by atoms with E-state index in [0.717, 1.165) is 12.8 Å². The third-order valence-electron chi connectivity index (χ3n) is 4.47. The maximum Gasteiger partial charge on any atom is 0.328 e. The third-order valence-corrected chi connectivity index (χ3v) is 4.47. The Morgan fingerprint density at radius 2 is 2.04 bits per heavy atom. The first-order valence-electron chi connectivity index (χ1n) is 8.15. The number of carbonyl (C=O) groups is 3. The average molecular weight is 344 g/mol. The van der Waals surface area contributed by atoms with Gasteiger partial charge in [-0.15, -0.1) is 0 Å². The molecule has 2 amide bonds. The molecule has 1 aromatic carbocycles. The highest BCUT2D eigenvalue weighted by Crippen LogP contribution is 2.21. The number of esters is 1. The Labute approximate surface area is 144 Å². The molecular formula is C17H20N4O4. The lowest BCUT2D eigenvalue weighted by Gasteiger charge is -2.33.